The second-order valence-electron chi connectivity index (χ2n) is 5.19. The zero-order valence-corrected chi connectivity index (χ0v) is 14.9. The summed E-state index contributed by atoms with van der Waals surface area (Å²) in [4.78, 5) is 16.3. The van der Waals surface area contributed by atoms with Gasteiger partial charge in [-0.15, -0.1) is 11.6 Å². The van der Waals surface area contributed by atoms with Crippen molar-refractivity contribution in [3.63, 3.8) is 0 Å². The van der Waals surface area contributed by atoms with Crippen molar-refractivity contribution >= 4 is 28.2 Å². The molecule has 0 spiro atoms. The molecule has 0 aliphatic rings. The molecule has 2 aromatic heterocycles. The SMILES string of the molecule is Cc1nc(C(F)(F)F)ccc1C(=O)c1c(S(C)=O)noc1CCCCl. The number of halogens is 4. The molecule has 25 heavy (non-hydrogen) atoms. The van der Waals surface area contributed by atoms with Crippen LogP contribution in [-0.2, 0) is 23.4 Å². The first-order valence-corrected chi connectivity index (χ1v) is 9.23. The van der Waals surface area contributed by atoms with Gasteiger partial charge in [0.05, 0.1) is 10.8 Å². The summed E-state index contributed by atoms with van der Waals surface area (Å²) in [5.41, 5.74) is -1.21. The molecule has 0 saturated heterocycles. The van der Waals surface area contributed by atoms with E-state index in [9.17, 15) is 22.2 Å². The van der Waals surface area contributed by atoms with Crippen LogP contribution >= 0.6 is 11.6 Å². The van der Waals surface area contributed by atoms with Crippen LogP contribution in [-0.4, -0.2) is 32.3 Å². The Morgan fingerprint density at radius 2 is 2.04 bits per heavy atom. The van der Waals surface area contributed by atoms with Crippen LogP contribution in [0.5, 0.6) is 0 Å². The Labute approximate surface area is 149 Å². The molecule has 0 fully saturated rings. The lowest BCUT2D eigenvalue weighted by molar-refractivity contribution is -0.141. The van der Waals surface area contributed by atoms with E-state index in [4.69, 9.17) is 16.1 Å². The van der Waals surface area contributed by atoms with Gasteiger partial charge in [-0.3, -0.25) is 9.00 Å². The Kier molecular flexibility index (Phi) is 5.99. The van der Waals surface area contributed by atoms with Gasteiger partial charge in [0, 0.05) is 29.8 Å². The highest BCUT2D eigenvalue weighted by Crippen LogP contribution is 2.29. The third kappa shape index (κ3) is 4.27. The van der Waals surface area contributed by atoms with Crippen molar-refractivity contribution < 1.29 is 26.7 Å². The minimum absolute atomic E-state index is 0.00407. The fourth-order valence-corrected chi connectivity index (χ4v) is 2.99. The van der Waals surface area contributed by atoms with E-state index in [1.807, 2.05) is 0 Å². The van der Waals surface area contributed by atoms with Gasteiger partial charge in [0.25, 0.3) is 0 Å². The average molecular weight is 395 g/mol. The summed E-state index contributed by atoms with van der Waals surface area (Å²) in [6.45, 7) is 1.30. The summed E-state index contributed by atoms with van der Waals surface area (Å²) in [5.74, 6) is -0.107. The van der Waals surface area contributed by atoms with E-state index in [0.717, 1.165) is 12.1 Å². The van der Waals surface area contributed by atoms with Crippen LogP contribution in [0, 0.1) is 6.92 Å². The third-order valence-electron chi connectivity index (χ3n) is 3.39. The number of aromatic nitrogens is 2. The van der Waals surface area contributed by atoms with Crippen molar-refractivity contribution in [1.29, 1.82) is 0 Å². The predicted molar refractivity (Wildman–Crippen MR) is 85.3 cm³/mol. The smallest absolute Gasteiger partial charge is 0.359 e. The molecular weight excluding hydrogens is 381 g/mol. The fourth-order valence-electron chi connectivity index (χ4n) is 2.22. The fraction of sp³-hybridized carbons (Fsp3) is 0.400. The van der Waals surface area contributed by atoms with Crippen molar-refractivity contribution in [3.8, 4) is 0 Å². The van der Waals surface area contributed by atoms with Crippen molar-refractivity contribution in [2.24, 2.45) is 0 Å². The second kappa shape index (κ2) is 7.65. The molecule has 0 bridgehead atoms. The molecule has 0 N–H and O–H groups in total. The molecule has 5 nitrogen and oxygen atoms in total. The minimum Gasteiger partial charge on any atom is -0.359 e. The number of hydrogen-bond donors (Lipinski definition) is 0. The molecule has 1 atom stereocenters. The number of carbonyl (C=O) groups excluding carboxylic acids is 1. The van der Waals surface area contributed by atoms with Crippen LogP contribution in [0.3, 0.4) is 0 Å². The molecule has 0 aliphatic carbocycles. The molecule has 136 valence electrons. The van der Waals surface area contributed by atoms with Crippen LogP contribution in [0.15, 0.2) is 21.7 Å². The number of alkyl halides is 4. The normalized spacial score (nSPS) is 13.0. The Bertz CT molecular complexity index is 821. The summed E-state index contributed by atoms with van der Waals surface area (Å²) in [7, 11) is -1.60. The molecule has 0 amide bonds. The van der Waals surface area contributed by atoms with Crippen LogP contribution in [0.25, 0.3) is 0 Å². The highest BCUT2D eigenvalue weighted by atomic mass is 35.5. The summed E-state index contributed by atoms with van der Waals surface area (Å²) in [6.07, 6.45) is -2.48. The zero-order valence-electron chi connectivity index (χ0n) is 13.3. The van der Waals surface area contributed by atoms with E-state index >= 15 is 0 Å². The van der Waals surface area contributed by atoms with Gasteiger partial charge in [0.1, 0.15) is 17.0 Å². The number of pyridine rings is 1. The number of aryl methyl sites for hydroxylation is 2. The van der Waals surface area contributed by atoms with E-state index in [-0.39, 0.29) is 27.6 Å². The van der Waals surface area contributed by atoms with Gasteiger partial charge in [-0.05, 0) is 25.5 Å². The topological polar surface area (TPSA) is 73.1 Å². The van der Waals surface area contributed by atoms with Crippen LogP contribution in [0.1, 0.15) is 39.5 Å². The van der Waals surface area contributed by atoms with Crippen molar-refractivity contribution in [1.82, 2.24) is 10.1 Å². The first kappa shape index (κ1) is 19.6. The number of ketones is 1. The van der Waals surface area contributed by atoms with Crippen LogP contribution in [0.2, 0.25) is 0 Å². The standard InChI is InChI=1S/C15H14ClF3N2O3S/c1-8-9(5-6-11(20-8)15(17,18)19)13(22)12-10(4-3-7-16)24-21-14(12)25(2)23/h5-6H,3-4,7H2,1-2H3. The van der Waals surface area contributed by atoms with Crippen molar-refractivity contribution in [2.45, 2.75) is 31.0 Å². The van der Waals surface area contributed by atoms with Gasteiger partial charge in [0.15, 0.2) is 5.03 Å². The molecule has 0 saturated carbocycles. The molecule has 2 aromatic rings. The van der Waals surface area contributed by atoms with Crippen LogP contribution in [0.4, 0.5) is 13.2 Å². The highest BCUT2D eigenvalue weighted by molar-refractivity contribution is 7.84. The zero-order chi connectivity index (χ0) is 18.8. The van der Waals surface area contributed by atoms with E-state index in [0.29, 0.717) is 18.7 Å². The first-order valence-electron chi connectivity index (χ1n) is 7.14. The van der Waals surface area contributed by atoms with Crippen molar-refractivity contribution in [2.75, 3.05) is 12.1 Å². The Morgan fingerprint density at radius 1 is 1.36 bits per heavy atom. The van der Waals surface area contributed by atoms with Gasteiger partial charge >= 0.3 is 6.18 Å². The molecule has 0 radical (unpaired) electrons. The molecule has 0 aromatic carbocycles. The minimum atomic E-state index is -4.61. The summed E-state index contributed by atoms with van der Waals surface area (Å²) < 4.78 is 55.1. The van der Waals surface area contributed by atoms with E-state index < -0.39 is 28.5 Å². The highest BCUT2D eigenvalue weighted by Gasteiger charge is 2.34. The molecule has 1 unspecified atom stereocenters. The Balaban J connectivity index is 2.50. The van der Waals surface area contributed by atoms with Gasteiger partial charge < -0.3 is 4.52 Å². The summed E-state index contributed by atoms with van der Waals surface area (Å²) >= 11 is 5.63. The largest absolute Gasteiger partial charge is 0.433 e. The number of carbonyl (C=O) groups is 1. The van der Waals surface area contributed by atoms with Crippen LogP contribution < -0.4 is 0 Å². The van der Waals surface area contributed by atoms with Gasteiger partial charge in [-0.1, -0.05) is 5.16 Å². The number of hydrogen-bond acceptors (Lipinski definition) is 5. The first-order chi connectivity index (χ1) is 11.7. The lowest BCUT2D eigenvalue weighted by atomic mass is 10.0. The Morgan fingerprint density at radius 3 is 2.56 bits per heavy atom. The quantitative estimate of drug-likeness (QED) is 0.553. The predicted octanol–water partition coefficient (Wildman–Crippen LogP) is 3.54. The maximum atomic E-state index is 12.8. The molecule has 2 heterocycles. The third-order valence-corrected chi connectivity index (χ3v) is 4.48. The maximum absolute atomic E-state index is 12.8. The lowest BCUT2D eigenvalue weighted by Crippen LogP contribution is -2.14. The second-order valence-corrected chi connectivity index (χ2v) is 6.86. The maximum Gasteiger partial charge on any atom is 0.433 e. The number of nitrogens with zero attached hydrogens (tertiary/aromatic N) is 2. The number of rotatable bonds is 6. The molecule has 2 rings (SSSR count). The Hall–Kier alpha value is -1.74. The summed E-state index contributed by atoms with van der Waals surface area (Å²) in [6, 6.07) is 1.78. The van der Waals surface area contributed by atoms with Gasteiger partial charge in [-0.2, -0.15) is 13.2 Å². The lowest BCUT2D eigenvalue weighted by Gasteiger charge is -2.09. The molecular formula is C15H14ClF3N2O3S. The van der Waals surface area contributed by atoms with E-state index in [1.165, 1.54) is 13.2 Å². The van der Waals surface area contributed by atoms with Gasteiger partial charge in [0.2, 0.25) is 5.78 Å². The van der Waals surface area contributed by atoms with E-state index in [1.54, 1.807) is 0 Å². The summed E-state index contributed by atoms with van der Waals surface area (Å²) in [5, 5.41) is 3.61. The monoisotopic (exact) mass is 394 g/mol. The molecule has 10 heteroatoms. The van der Waals surface area contributed by atoms with E-state index in [2.05, 4.69) is 10.1 Å². The average Bonchev–Trinajstić information content (AvgIpc) is 2.95. The molecule has 0 aliphatic heterocycles. The van der Waals surface area contributed by atoms with Crippen molar-refractivity contribution in [3.05, 3.63) is 40.4 Å². The van der Waals surface area contributed by atoms with Gasteiger partial charge in [-0.25, -0.2) is 4.98 Å².